The van der Waals surface area contributed by atoms with Crippen LogP contribution in [0.3, 0.4) is 0 Å². The van der Waals surface area contributed by atoms with E-state index in [0.29, 0.717) is 19.4 Å². The molecule has 0 radical (unpaired) electrons. The third kappa shape index (κ3) is 3.50. The molecule has 168 valence electrons. The number of pyridine rings is 1. The first-order valence-electron chi connectivity index (χ1n) is 11.8. The summed E-state index contributed by atoms with van der Waals surface area (Å²) in [6, 6.07) is 18.5. The summed E-state index contributed by atoms with van der Waals surface area (Å²) in [6.07, 6.45) is 7.01. The van der Waals surface area contributed by atoms with Gasteiger partial charge in [0.1, 0.15) is 12.4 Å². The van der Waals surface area contributed by atoms with E-state index in [-0.39, 0.29) is 18.3 Å². The van der Waals surface area contributed by atoms with E-state index in [1.165, 1.54) is 0 Å². The monoisotopic (exact) mass is 442 g/mol. The van der Waals surface area contributed by atoms with Crippen molar-refractivity contribution >= 4 is 21.8 Å². The van der Waals surface area contributed by atoms with Crippen molar-refractivity contribution in [3.63, 3.8) is 0 Å². The van der Waals surface area contributed by atoms with Gasteiger partial charge in [0, 0.05) is 48.2 Å². The largest absolute Gasteiger partial charge is 0.489 e. The lowest BCUT2D eigenvalue weighted by atomic mass is 9.88. The molecule has 0 atom stereocenters. The first-order valence-corrected chi connectivity index (χ1v) is 11.8. The van der Waals surface area contributed by atoms with Crippen molar-refractivity contribution in [2.75, 3.05) is 0 Å². The Bertz CT molecular complexity index is 1280. The molecule has 2 aromatic carbocycles. The Balaban J connectivity index is 1.14. The predicted octanol–water partition coefficient (Wildman–Crippen LogP) is 5.25. The summed E-state index contributed by atoms with van der Waals surface area (Å²) in [5, 5.41) is 2.28. The maximum atomic E-state index is 6.18. The number of rotatable bonds is 6. The van der Waals surface area contributed by atoms with Crippen molar-refractivity contribution < 1.29 is 18.9 Å². The number of H-pyrrole nitrogens is 1. The summed E-state index contributed by atoms with van der Waals surface area (Å²) in [6.45, 7) is 0.548. The predicted molar refractivity (Wildman–Crippen MR) is 124 cm³/mol. The SMILES string of the molecule is c1ccc(COc2ccc3[nH]c4c(CCC56OC7CC(CC(C7)O5)O6)nccc4c3c2)cc1. The molecule has 8 rings (SSSR count). The molecule has 6 heteroatoms. The second-order valence-electron chi connectivity index (χ2n) is 9.40. The highest BCUT2D eigenvalue weighted by Gasteiger charge is 2.54. The molecule has 4 fully saturated rings. The number of hydrogen-bond donors (Lipinski definition) is 1. The van der Waals surface area contributed by atoms with E-state index < -0.39 is 5.97 Å². The van der Waals surface area contributed by atoms with Crippen LogP contribution in [0, 0.1) is 0 Å². The zero-order valence-electron chi connectivity index (χ0n) is 18.3. The van der Waals surface area contributed by atoms with Crippen molar-refractivity contribution in [2.45, 2.75) is 63.0 Å². The summed E-state index contributed by atoms with van der Waals surface area (Å²) >= 11 is 0. The molecule has 1 saturated carbocycles. The number of fused-ring (bicyclic) bond motifs is 3. The lowest BCUT2D eigenvalue weighted by molar-refractivity contribution is -0.495. The number of ether oxygens (including phenoxy) is 4. The lowest BCUT2D eigenvalue weighted by Gasteiger charge is -2.55. The fraction of sp³-hybridized carbons (Fsp3) is 0.370. The van der Waals surface area contributed by atoms with Crippen molar-refractivity contribution in [1.29, 1.82) is 0 Å². The number of nitrogens with one attached hydrogen (secondary N) is 1. The quantitative estimate of drug-likeness (QED) is 0.442. The third-order valence-electron chi connectivity index (χ3n) is 7.10. The minimum absolute atomic E-state index is 0.266. The topological polar surface area (TPSA) is 65.6 Å². The average Bonchev–Trinajstić information content (AvgIpc) is 3.20. The average molecular weight is 443 g/mol. The highest BCUT2D eigenvalue weighted by atomic mass is 16.9. The summed E-state index contributed by atoms with van der Waals surface area (Å²) in [5.74, 6) is -0.0438. The van der Waals surface area contributed by atoms with Crippen LogP contribution in [0.15, 0.2) is 60.8 Å². The standard InChI is InChI=1S/C27H26N2O4/c1-2-4-17(5-3-1)16-30-18-6-7-24-23(15-18)22-9-11-28-25(26(22)29-24)8-10-27-31-19-12-20(32-27)14-21(13-19)33-27/h1-7,9,11,15,19-21,29H,8,10,12-14,16H2. The smallest absolute Gasteiger partial charge is 0.284 e. The molecule has 0 spiro atoms. The van der Waals surface area contributed by atoms with Crippen LogP contribution >= 0.6 is 0 Å². The van der Waals surface area contributed by atoms with Crippen LogP contribution in [0.1, 0.15) is 36.9 Å². The number of nitrogens with zero attached hydrogens (tertiary/aromatic N) is 1. The van der Waals surface area contributed by atoms with Gasteiger partial charge in [0.25, 0.3) is 5.97 Å². The van der Waals surface area contributed by atoms with Gasteiger partial charge >= 0.3 is 0 Å². The fourth-order valence-electron chi connectivity index (χ4n) is 5.63. The van der Waals surface area contributed by atoms with Crippen molar-refractivity contribution in [3.05, 3.63) is 72.1 Å². The first kappa shape index (κ1) is 19.5. The van der Waals surface area contributed by atoms with Crippen LogP contribution in [0.25, 0.3) is 21.8 Å². The maximum Gasteiger partial charge on any atom is 0.284 e. The molecule has 4 bridgehead atoms. The minimum Gasteiger partial charge on any atom is -0.489 e. The van der Waals surface area contributed by atoms with Crippen LogP contribution in [-0.4, -0.2) is 34.3 Å². The third-order valence-corrected chi connectivity index (χ3v) is 7.10. The van der Waals surface area contributed by atoms with Crippen molar-refractivity contribution in [2.24, 2.45) is 0 Å². The van der Waals surface area contributed by atoms with Crippen LogP contribution in [-0.2, 0) is 27.2 Å². The second-order valence-corrected chi connectivity index (χ2v) is 9.40. The van der Waals surface area contributed by atoms with E-state index in [2.05, 4.69) is 40.3 Å². The van der Waals surface area contributed by atoms with Gasteiger partial charge in [-0.2, -0.15) is 0 Å². The zero-order valence-corrected chi connectivity index (χ0v) is 18.3. The van der Waals surface area contributed by atoms with E-state index >= 15 is 0 Å². The molecule has 5 heterocycles. The van der Waals surface area contributed by atoms with E-state index in [4.69, 9.17) is 18.9 Å². The number of aromatic nitrogens is 2. The van der Waals surface area contributed by atoms with Gasteiger partial charge in [0.05, 0.1) is 29.5 Å². The van der Waals surface area contributed by atoms with Crippen molar-refractivity contribution in [3.8, 4) is 5.75 Å². The molecule has 33 heavy (non-hydrogen) atoms. The van der Waals surface area contributed by atoms with Gasteiger partial charge in [-0.05, 0) is 36.2 Å². The Morgan fingerprint density at radius 3 is 2.42 bits per heavy atom. The number of aryl methyl sites for hydroxylation is 1. The second kappa shape index (κ2) is 7.55. The van der Waals surface area contributed by atoms with E-state index in [9.17, 15) is 0 Å². The minimum atomic E-state index is -0.900. The Hall–Kier alpha value is -2.93. The normalized spacial score (nSPS) is 28.1. The van der Waals surface area contributed by atoms with Gasteiger partial charge in [0.15, 0.2) is 0 Å². The molecule has 2 aromatic heterocycles. The van der Waals surface area contributed by atoms with E-state index in [1.807, 2.05) is 30.5 Å². The molecule has 4 aliphatic rings. The highest BCUT2D eigenvalue weighted by Crippen LogP contribution is 2.46. The Morgan fingerprint density at radius 2 is 1.67 bits per heavy atom. The number of benzene rings is 2. The first-order chi connectivity index (χ1) is 16.2. The molecule has 1 aliphatic carbocycles. The zero-order chi connectivity index (χ0) is 21.8. The molecule has 3 saturated heterocycles. The molecule has 1 N–H and O–H groups in total. The number of aromatic amines is 1. The van der Waals surface area contributed by atoms with E-state index in [1.54, 1.807) is 0 Å². The van der Waals surface area contributed by atoms with Crippen LogP contribution in [0.2, 0.25) is 0 Å². The maximum absolute atomic E-state index is 6.18. The molecule has 0 amide bonds. The van der Waals surface area contributed by atoms with Gasteiger partial charge in [-0.15, -0.1) is 0 Å². The summed E-state index contributed by atoms with van der Waals surface area (Å²) in [4.78, 5) is 8.25. The van der Waals surface area contributed by atoms with Gasteiger partial charge in [-0.1, -0.05) is 30.3 Å². The van der Waals surface area contributed by atoms with Crippen LogP contribution < -0.4 is 4.74 Å². The fourth-order valence-corrected chi connectivity index (χ4v) is 5.63. The van der Waals surface area contributed by atoms with Gasteiger partial charge in [-0.25, -0.2) is 0 Å². The Morgan fingerprint density at radius 1 is 0.909 bits per heavy atom. The van der Waals surface area contributed by atoms with Crippen LogP contribution in [0.4, 0.5) is 0 Å². The molecular formula is C27H26N2O4. The molecule has 6 nitrogen and oxygen atoms in total. The summed E-state index contributed by atoms with van der Waals surface area (Å²) in [7, 11) is 0. The van der Waals surface area contributed by atoms with Crippen LogP contribution in [0.5, 0.6) is 5.75 Å². The molecular weight excluding hydrogens is 416 g/mol. The summed E-state index contributed by atoms with van der Waals surface area (Å²) < 4.78 is 24.6. The summed E-state index contributed by atoms with van der Waals surface area (Å²) in [5.41, 5.74) is 4.28. The Labute approximate surface area is 191 Å². The molecule has 3 aliphatic heterocycles. The van der Waals surface area contributed by atoms with Gasteiger partial charge in [0.2, 0.25) is 0 Å². The Kier molecular flexibility index (Phi) is 4.47. The van der Waals surface area contributed by atoms with E-state index in [0.717, 1.165) is 58.1 Å². The highest BCUT2D eigenvalue weighted by molar-refractivity contribution is 6.08. The van der Waals surface area contributed by atoms with Gasteiger partial charge in [-0.3, -0.25) is 4.98 Å². The lowest BCUT2D eigenvalue weighted by Crippen LogP contribution is -2.62. The van der Waals surface area contributed by atoms with Gasteiger partial charge < -0.3 is 23.9 Å². The molecule has 0 unspecified atom stereocenters. The molecule has 4 aromatic rings. The van der Waals surface area contributed by atoms with Crippen molar-refractivity contribution in [1.82, 2.24) is 9.97 Å². The number of hydrogen-bond acceptors (Lipinski definition) is 5.